The number of hydrogen-bond acceptors (Lipinski definition) is 5. The molecule has 6 heteroatoms. The molecule has 2 heterocycles. The van der Waals surface area contributed by atoms with Crippen LogP contribution in [0, 0.1) is 13.8 Å². The van der Waals surface area contributed by atoms with Gasteiger partial charge in [-0.15, -0.1) is 0 Å². The van der Waals surface area contributed by atoms with Crippen LogP contribution in [0.25, 0.3) is 0 Å². The van der Waals surface area contributed by atoms with Gasteiger partial charge < -0.3 is 20.1 Å². The predicted molar refractivity (Wildman–Crippen MR) is 75.8 cm³/mol. The van der Waals surface area contributed by atoms with Gasteiger partial charge >= 0.3 is 0 Å². The molecule has 6 nitrogen and oxygen atoms in total. The lowest BCUT2D eigenvalue weighted by molar-refractivity contribution is -0.0626. The Morgan fingerprint density at radius 1 is 1.45 bits per heavy atom. The van der Waals surface area contributed by atoms with Crippen LogP contribution in [0.15, 0.2) is 4.79 Å². The molecule has 1 saturated heterocycles. The molecule has 112 valence electrons. The highest BCUT2D eigenvalue weighted by atomic mass is 16.5. The third-order valence-electron chi connectivity index (χ3n) is 3.86. The Hall–Kier alpha value is -1.24. The van der Waals surface area contributed by atoms with Crippen molar-refractivity contribution < 1.29 is 9.84 Å². The Morgan fingerprint density at radius 3 is 2.70 bits per heavy atom. The molecule has 1 aliphatic rings. The highest BCUT2D eigenvalue weighted by molar-refractivity contribution is 5.20. The maximum Gasteiger partial charge on any atom is 0.255 e. The summed E-state index contributed by atoms with van der Waals surface area (Å²) < 4.78 is 5.25. The minimum Gasteiger partial charge on any atom is -0.388 e. The number of ether oxygens (including phenoxy) is 1. The first-order chi connectivity index (χ1) is 9.41. The van der Waals surface area contributed by atoms with E-state index in [2.05, 4.69) is 15.3 Å². The second-order valence-corrected chi connectivity index (χ2v) is 5.59. The first kappa shape index (κ1) is 15.2. The summed E-state index contributed by atoms with van der Waals surface area (Å²) in [4.78, 5) is 19.0. The van der Waals surface area contributed by atoms with Crippen molar-refractivity contribution in [2.24, 2.45) is 0 Å². The summed E-state index contributed by atoms with van der Waals surface area (Å²) in [6.07, 6.45) is 1.24. The average molecular weight is 281 g/mol. The van der Waals surface area contributed by atoms with Crippen LogP contribution in [0.1, 0.15) is 42.9 Å². The van der Waals surface area contributed by atoms with E-state index < -0.39 is 5.60 Å². The van der Waals surface area contributed by atoms with Crippen molar-refractivity contribution >= 4 is 0 Å². The molecule has 0 aromatic carbocycles. The van der Waals surface area contributed by atoms with E-state index in [-0.39, 0.29) is 11.6 Å². The minimum atomic E-state index is -0.745. The lowest BCUT2D eigenvalue weighted by Gasteiger charge is -2.33. The van der Waals surface area contributed by atoms with Gasteiger partial charge in [0.15, 0.2) is 0 Å². The smallest absolute Gasteiger partial charge is 0.255 e. The van der Waals surface area contributed by atoms with Crippen LogP contribution < -0.4 is 10.9 Å². The van der Waals surface area contributed by atoms with Crippen LogP contribution in [-0.2, 0) is 4.74 Å². The molecule has 0 spiro atoms. The van der Waals surface area contributed by atoms with Crippen molar-refractivity contribution in [3.8, 4) is 0 Å². The van der Waals surface area contributed by atoms with Crippen molar-refractivity contribution in [2.75, 3.05) is 19.8 Å². The van der Waals surface area contributed by atoms with E-state index in [4.69, 9.17) is 4.74 Å². The number of aromatic amines is 1. The molecule has 0 radical (unpaired) electrons. The van der Waals surface area contributed by atoms with Gasteiger partial charge in [0.05, 0.1) is 11.2 Å². The number of rotatable bonds is 4. The molecule has 1 aliphatic heterocycles. The fraction of sp³-hybridized carbons (Fsp3) is 0.714. The third-order valence-corrected chi connectivity index (χ3v) is 3.86. The van der Waals surface area contributed by atoms with Gasteiger partial charge in [0.1, 0.15) is 5.82 Å². The van der Waals surface area contributed by atoms with Gasteiger partial charge in [0.25, 0.3) is 5.56 Å². The molecule has 0 bridgehead atoms. The quantitative estimate of drug-likeness (QED) is 0.751. The van der Waals surface area contributed by atoms with E-state index in [0.717, 1.165) is 5.69 Å². The number of nitrogens with zero attached hydrogens (tertiary/aromatic N) is 1. The first-order valence-corrected chi connectivity index (χ1v) is 7.02. The van der Waals surface area contributed by atoms with Crippen molar-refractivity contribution in [1.82, 2.24) is 15.3 Å². The zero-order chi connectivity index (χ0) is 14.8. The van der Waals surface area contributed by atoms with Crippen LogP contribution in [-0.4, -0.2) is 40.4 Å². The van der Waals surface area contributed by atoms with E-state index >= 15 is 0 Å². The Morgan fingerprint density at radius 2 is 2.10 bits per heavy atom. The monoisotopic (exact) mass is 281 g/mol. The Kier molecular flexibility index (Phi) is 4.57. The molecule has 1 aromatic rings. The largest absolute Gasteiger partial charge is 0.388 e. The topological polar surface area (TPSA) is 87.2 Å². The second kappa shape index (κ2) is 6.03. The van der Waals surface area contributed by atoms with Crippen LogP contribution in [0.5, 0.6) is 0 Å². The lowest BCUT2D eigenvalue weighted by atomic mass is 9.94. The molecule has 1 atom stereocenters. The SMILES string of the molecule is Cc1nc(C)c(C(C)NCC2(O)CCOCC2)c(=O)[nH]1. The molecular weight excluding hydrogens is 258 g/mol. The molecule has 0 aliphatic carbocycles. The number of aryl methyl sites for hydroxylation is 2. The Labute approximate surface area is 118 Å². The second-order valence-electron chi connectivity index (χ2n) is 5.59. The normalized spacial score (nSPS) is 19.8. The summed E-state index contributed by atoms with van der Waals surface area (Å²) in [5.74, 6) is 0.617. The minimum absolute atomic E-state index is 0.117. The van der Waals surface area contributed by atoms with Crippen molar-refractivity contribution in [2.45, 2.75) is 45.3 Å². The number of aliphatic hydroxyl groups is 1. The van der Waals surface area contributed by atoms with Crippen LogP contribution >= 0.6 is 0 Å². The van der Waals surface area contributed by atoms with E-state index in [1.165, 1.54) is 0 Å². The van der Waals surface area contributed by atoms with Gasteiger partial charge in [0.2, 0.25) is 0 Å². The van der Waals surface area contributed by atoms with E-state index in [1.54, 1.807) is 6.92 Å². The van der Waals surface area contributed by atoms with Gasteiger partial charge in [-0.3, -0.25) is 4.79 Å². The molecule has 0 saturated carbocycles. The summed E-state index contributed by atoms with van der Waals surface area (Å²) in [5.41, 5.74) is 0.496. The third kappa shape index (κ3) is 3.45. The van der Waals surface area contributed by atoms with E-state index in [9.17, 15) is 9.90 Å². The van der Waals surface area contributed by atoms with Crippen molar-refractivity contribution in [1.29, 1.82) is 0 Å². The van der Waals surface area contributed by atoms with Gasteiger partial charge in [-0.2, -0.15) is 0 Å². The van der Waals surface area contributed by atoms with E-state index in [1.807, 2.05) is 13.8 Å². The van der Waals surface area contributed by atoms with Gasteiger partial charge in [0, 0.05) is 44.3 Å². The summed E-state index contributed by atoms with van der Waals surface area (Å²) in [5, 5.41) is 13.7. The predicted octanol–water partition coefficient (Wildman–Crippen LogP) is 0.579. The standard InChI is InChI=1S/C14H23N3O3/c1-9(12-10(2)16-11(3)17-13(12)18)15-8-14(19)4-6-20-7-5-14/h9,15,19H,4-8H2,1-3H3,(H,16,17,18). The molecule has 3 N–H and O–H groups in total. The Bertz CT molecular complexity index is 521. The maximum absolute atomic E-state index is 12.0. The number of H-pyrrole nitrogens is 1. The van der Waals surface area contributed by atoms with Crippen molar-refractivity contribution in [3.63, 3.8) is 0 Å². The maximum atomic E-state index is 12.0. The average Bonchev–Trinajstić information content (AvgIpc) is 2.36. The fourth-order valence-corrected chi connectivity index (χ4v) is 2.62. The molecule has 1 aromatic heterocycles. The zero-order valence-electron chi connectivity index (χ0n) is 12.3. The molecular formula is C14H23N3O3. The summed E-state index contributed by atoms with van der Waals surface area (Å²) >= 11 is 0. The van der Waals surface area contributed by atoms with E-state index in [0.29, 0.717) is 44.0 Å². The van der Waals surface area contributed by atoms with Crippen LogP contribution in [0.2, 0.25) is 0 Å². The molecule has 2 rings (SSSR count). The molecule has 1 fully saturated rings. The highest BCUT2D eigenvalue weighted by Crippen LogP contribution is 2.21. The fourth-order valence-electron chi connectivity index (χ4n) is 2.62. The summed E-state index contributed by atoms with van der Waals surface area (Å²) in [6.45, 7) is 7.12. The molecule has 0 amide bonds. The lowest BCUT2D eigenvalue weighted by Crippen LogP contribution is -2.46. The number of nitrogens with one attached hydrogen (secondary N) is 2. The Balaban J connectivity index is 2.05. The zero-order valence-corrected chi connectivity index (χ0v) is 12.3. The molecule has 20 heavy (non-hydrogen) atoms. The van der Waals surface area contributed by atoms with Gasteiger partial charge in [-0.25, -0.2) is 4.98 Å². The summed E-state index contributed by atoms with van der Waals surface area (Å²) in [6, 6.07) is -0.154. The number of hydrogen-bond donors (Lipinski definition) is 3. The van der Waals surface area contributed by atoms with Crippen LogP contribution in [0.3, 0.4) is 0 Å². The van der Waals surface area contributed by atoms with Crippen molar-refractivity contribution in [3.05, 3.63) is 27.4 Å². The summed E-state index contributed by atoms with van der Waals surface area (Å²) in [7, 11) is 0. The van der Waals surface area contributed by atoms with Gasteiger partial charge in [-0.1, -0.05) is 0 Å². The number of aromatic nitrogens is 2. The first-order valence-electron chi connectivity index (χ1n) is 7.02. The highest BCUT2D eigenvalue weighted by Gasteiger charge is 2.30. The van der Waals surface area contributed by atoms with Crippen LogP contribution in [0.4, 0.5) is 0 Å². The molecule has 1 unspecified atom stereocenters. The van der Waals surface area contributed by atoms with Gasteiger partial charge in [-0.05, 0) is 20.8 Å².